The Labute approximate surface area is 135 Å². The van der Waals surface area contributed by atoms with Crippen molar-refractivity contribution in [3.63, 3.8) is 0 Å². The van der Waals surface area contributed by atoms with Crippen molar-refractivity contribution < 1.29 is 18.3 Å². The van der Waals surface area contributed by atoms with Gasteiger partial charge in [-0.15, -0.1) is 0 Å². The molecule has 1 aromatic heterocycles. The molecule has 1 aromatic carbocycles. The first-order chi connectivity index (χ1) is 10.6. The molecule has 0 amide bonds. The van der Waals surface area contributed by atoms with Crippen LogP contribution in [0.1, 0.15) is 31.3 Å². The molecule has 0 bridgehead atoms. The average molecular weight is 334 g/mol. The minimum atomic E-state index is -3.70. The summed E-state index contributed by atoms with van der Waals surface area (Å²) in [4.78, 5) is 15.2. The van der Waals surface area contributed by atoms with Crippen molar-refractivity contribution in [2.24, 2.45) is 0 Å². The summed E-state index contributed by atoms with van der Waals surface area (Å²) >= 11 is 0. The fourth-order valence-corrected chi connectivity index (χ4v) is 3.57. The molecule has 122 valence electrons. The maximum Gasteiger partial charge on any atom is 0.355 e. The number of carbonyl (C=O) groups is 1. The molecular formula is C16H18N2O4S. The van der Waals surface area contributed by atoms with Gasteiger partial charge in [0.05, 0.1) is 4.90 Å². The molecule has 2 aromatic rings. The van der Waals surface area contributed by atoms with Crippen molar-refractivity contribution in [2.75, 3.05) is 0 Å². The molecule has 0 radical (unpaired) electrons. The SMILES string of the molecule is CC(C)(C)NS(=O)(=O)c1cccc(-c2cccnc2C(=O)O)c1. The van der Waals surface area contributed by atoms with Gasteiger partial charge in [0.15, 0.2) is 5.69 Å². The van der Waals surface area contributed by atoms with E-state index in [0.29, 0.717) is 11.1 Å². The number of benzene rings is 1. The average Bonchev–Trinajstić information content (AvgIpc) is 2.45. The van der Waals surface area contributed by atoms with Crippen LogP contribution in [0.3, 0.4) is 0 Å². The summed E-state index contributed by atoms with van der Waals surface area (Å²) in [6.07, 6.45) is 1.38. The predicted octanol–water partition coefficient (Wildman–Crippen LogP) is 2.52. The zero-order chi connectivity index (χ0) is 17.3. The van der Waals surface area contributed by atoms with E-state index in [1.54, 1.807) is 45.0 Å². The Balaban J connectivity index is 2.52. The van der Waals surface area contributed by atoms with Crippen LogP contribution in [0.5, 0.6) is 0 Å². The summed E-state index contributed by atoms with van der Waals surface area (Å²) < 4.78 is 27.4. The summed E-state index contributed by atoms with van der Waals surface area (Å²) in [6, 6.07) is 9.34. The van der Waals surface area contributed by atoms with Gasteiger partial charge in [-0.25, -0.2) is 22.9 Å². The Bertz CT molecular complexity index is 839. The number of hydrogen-bond donors (Lipinski definition) is 2. The summed E-state index contributed by atoms with van der Waals surface area (Å²) in [7, 11) is -3.70. The standard InChI is InChI=1S/C16H18N2O4S/c1-16(2,3)18-23(21,22)12-7-4-6-11(10-12)13-8-5-9-17-14(13)15(19)20/h4-10,18H,1-3H3,(H,19,20). The summed E-state index contributed by atoms with van der Waals surface area (Å²) in [5.41, 5.74) is 0.112. The van der Waals surface area contributed by atoms with E-state index in [9.17, 15) is 18.3 Å². The Morgan fingerprint density at radius 3 is 2.48 bits per heavy atom. The highest BCUT2D eigenvalue weighted by Crippen LogP contribution is 2.25. The largest absolute Gasteiger partial charge is 0.476 e. The Hall–Kier alpha value is -2.25. The van der Waals surface area contributed by atoms with Crippen LogP contribution in [0, 0.1) is 0 Å². The molecule has 0 atom stereocenters. The van der Waals surface area contributed by atoms with Gasteiger partial charge in [0.25, 0.3) is 0 Å². The topological polar surface area (TPSA) is 96.4 Å². The highest BCUT2D eigenvalue weighted by molar-refractivity contribution is 7.89. The Kier molecular flexibility index (Phi) is 4.53. The molecule has 0 aliphatic carbocycles. The quantitative estimate of drug-likeness (QED) is 0.895. The number of carboxylic acids is 1. The minimum Gasteiger partial charge on any atom is -0.476 e. The number of sulfonamides is 1. The molecule has 2 rings (SSSR count). The third-order valence-corrected chi connectivity index (χ3v) is 4.66. The number of nitrogens with one attached hydrogen (secondary N) is 1. The van der Waals surface area contributed by atoms with Gasteiger partial charge >= 0.3 is 5.97 Å². The molecule has 0 saturated heterocycles. The van der Waals surface area contributed by atoms with E-state index in [2.05, 4.69) is 9.71 Å². The number of nitrogens with zero attached hydrogens (tertiary/aromatic N) is 1. The van der Waals surface area contributed by atoms with Crippen LogP contribution >= 0.6 is 0 Å². The molecule has 0 fully saturated rings. The van der Waals surface area contributed by atoms with E-state index in [4.69, 9.17) is 0 Å². The molecule has 2 N–H and O–H groups in total. The molecule has 1 heterocycles. The normalized spacial score (nSPS) is 12.1. The van der Waals surface area contributed by atoms with E-state index >= 15 is 0 Å². The van der Waals surface area contributed by atoms with Crippen LogP contribution in [0.4, 0.5) is 0 Å². The third kappa shape index (κ3) is 4.14. The summed E-state index contributed by atoms with van der Waals surface area (Å²) in [6.45, 7) is 5.24. The number of aromatic nitrogens is 1. The molecular weight excluding hydrogens is 316 g/mol. The first-order valence-corrected chi connectivity index (χ1v) is 8.41. The number of hydrogen-bond acceptors (Lipinski definition) is 4. The van der Waals surface area contributed by atoms with E-state index in [1.165, 1.54) is 18.3 Å². The van der Waals surface area contributed by atoms with Gasteiger partial charge in [0.2, 0.25) is 10.0 Å². The minimum absolute atomic E-state index is 0.0742. The molecule has 0 unspecified atom stereocenters. The van der Waals surface area contributed by atoms with Gasteiger partial charge in [0.1, 0.15) is 0 Å². The summed E-state index contributed by atoms with van der Waals surface area (Å²) in [5.74, 6) is -1.17. The lowest BCUT2D eigenvalue weighted by atomic mass is 10.0. The van der Waals surface area contributed by atoms with Crippen molar-refractivity contribution >= 4 is 16.0 Å². The van der Waals surface area contributed by atoms with E-state index in [1.807, 2.05) is 0 Å². The van der Waals surface area contributed by atoms with Crippen molar-refractivity contribution in [1.29, 1.82) is 0 Å². The van der Waals surface area contributed by atoms with E-state index in [-0.39, 0.29) is 10.6 Å². The maximum absolute atomic E-state index is 12.4. The van der Waals surface area contributed by atoms with Gasteiger partial charge in [0, 0.05) is 17.3 Å². The monoisotopic (exact) mass is 334 g/mol. The fourth-order valence-electron chi connectivity index (χ4n) is 2.10. The van der Waals surface area contributed by atoms with Crippen molar-refractivity contribution in [3.05, 3.63) is 48.3 Å². The van der Waals surface area contributed by atoms with Crippen LogP contribution in [-0.4, -0.2) is 30.0 Å². The van der Waals surface area contributed by atoms with E-state index in [0.717, 1.165) is 0 Å². The van der Waals surface area contributed by atoms with E-state index < -0.39 is 21.5 Å². The molecule has 6 nitrogen and oxygen atoms in total. The van der Waals surface area contributed by atoms with Gasteiger partial charge in [-0.3, -0.25) is 0 Å². The number of carboxylic acid groups (broad SMARTS) is 1. The van der Waals surface area contributed by atoms with Crippen LogP contribution in [-0.2, 0) is 10.0 Å². The highest BCUT2D eigenvalue weighted by Gasteiger charge is 2.23. The molecule has 23 heavy (non-hydrogen) atoms. The number of aromatic carboxylic acids is 1. The Morgan fingerprint density at radius 1 is 1.17 bits per heavy atom. The van der Waals surface area contributed by atoms with Crippen LogP contribution < -0.4 is 4.72 Å². The van der Waals surface area contributed by atoms with Gasteiger partial charge in [-0.05, 0) is 44.5 Å². The zero-order valence-electron chi connectivity index (χ0n) is 13.1. The lowest BCUT2D eigenvalue weighted by molar-refractivity contribution is 0.0691. The van der Waals surface area contributed by atoms with Gasteiger partial charge < -0.3 is 5.11 Å². The Morgan fingerprint density at radius 2 is 1.87 bits per heavy atom. The van der Waals surface area contributed by atoms with Crippen molar-refractivity contribution in [2.45, 2.75) is 31.2 Å². The van der Waals surface area contributed by atoms with Crippen LogP contribution in [0.25, 0.3) is 11.1 Å². The molecule has 0 aliphatic rings. The molecule has 0 saturated carbocycles. The number of pyridine rings is 1. The van der Waals surface area contributed by atoms with Crippen LogP contribution in [0.2, 0.25) is 0 Å². The highest BCUT2D eigenvalue weighted by atomic mass is 32.2. The van der Waals surface area contributed by atoms with Crippen molar-refractivity contribution in [1.82, 2.24) is 9.71 Å². The second kappa shape index (κ2) is 6.10. The second-order valence-corrected chi connectivity index (χ2v) is 7.77. The molecule has 0 aliphatic heterocycles. The number of rotatable bonds is 4. The smallest absolute Gasteiger partial charge is 0.355 e. The zero-order valence-corrected chi connectivity index (χ0v) is 13.9. The van der Waals surface area contributed by atoms with Crippen LogP contribution in [0.15, 0.2) is 47.5 Å². The third-order valence-electron chi connectivity index (χ3n) is 2.91. The van der Waals surface area contributed by atoms with Gasteiger partial charge in [-0.2, -0.15) is 0 Å². The lowest BCUT2D eigenvalue weighted by Gasteiger charge is -2.20. The first kappa shape index (κ1) is 17.1. The molecule has 7 heteroatoms. The van der Waals surface area contributed by atoms with Crippen molar-refractivity contribution in [3.8, 4) is 11.1 Å². The van der Waals surface area contributed by atoms with Gasteiger partial charge in [-0.1, -0.05) is 18.2 Å². The first-order valence-electron chi connectivity index (χ1n) is 6.93. The summed E-state index contributed by atoms with van der Waals surface area (Å²) in [5, 5.41) is 9.22. The predicted molar refractivity (Wildman–Crippen MR) is 86.7 cm³/mol. The lowest BCUT2D eigenvalue weighted by Crippen LogP contribution is -2.40. The fraction of sp³-hybridized carbons (Fsp3) is 0.250. The maximum atomic E-state index is 12.4. The molecule has 0 spiro atoms. The second-order valence-electron chi connectivity index (χ2n) is 6.09.